The molecule has 1 N–H and O–H groups in total. The van der Waals surface area contributed by atoms with Crippen LogP contribution < -0.4 is 5.32 Å². The summed E-state index contributed by atoms with van der Waals surface area (Å²) in [6.45, 7) is 4.08. The summed E-state index contributed by atoms with van der Waals surface area (Å²) in [4.78, 5) is 17.3. The number of nitrogens with zero attached hydrogens (tertiary/aromatic N) is 1. The summed E-state index contributed by atoms with van der Waals surface area (Å²) in [5, 5.41) is 3.52. The maximum absolute atomic E-state index is 11.7. The zero-order valence-corrected chi connectivity index (χ0v) is 11.3. The second kappa shape index (κ2) is 5.82. The normalized spacial score (nSPS) is 10.6. The summed E-state index contributed by atoms with van der Waals surface area (Å²) in [7, 11) is 0. The van der Waals surface area contributed by atoms with Gasteiger partial charge in [-0.1, -0.05) is 6.92 Å². The number of thiazole rings is 1. The van der Waals surface area contributed by atoms with Gasteiger partial charge in [-0.05, 0) is 25.5 Å². The molecule has 96 valence electrons. The number of hydrogen-bond donors (Lipinski definition) is 1. The Balaban J connectivity index is 1.86. The molecule has 1 amide bonds. The van der Waals surface area contributed by atoms with Crippen molar-refractivity contribution >= 4 is 22.4 Å². The van der Waals surface area contributed by atoms with E-state index in [1.807, 2.05) is 19.1 Å². The number of amides is 1. The van der Waals surface area contributed by atoms with Crippen molar-refractivity contribution in [2.24, 2.45) is 0 Å². The van der Waals surface area contributed by atoms with Crippen LogP contribution in [0, 0.1) is 6.92 Å². The molecule has 0 fully saturated rings. The van der Waals surface area contributed by atoms with Crippen molar-refractivity contribution in [3.05, 3.63) is 34.7 Å². The van der Waals surface area contributed by atoms with Gasteiger partial charge in [-0.2, -0.15) is 0 Å². The lowest BCUT2D eigenvalue weighted by molar-refractivity contribution is -0.116. The van der Waals surface area contributed by atoms with E-state index in [0.29, 0.717) is 18.0 Å². The van der Waals surface area contributed by atoms with Crippen LogP contribution in [0.3, 0.4) is 0 Å². The summed E-state index contributed by atoms with van der Waals surface area (Å²) >= 11 is 1.52. The monoisotopic (exact) mass is 264 g/mol. The smallest absolute Gasteiger partial charge is 0.226 e. The molecule has 18 heavy (non-hydrogen) atoms. The van der Waals surface area contributed by atoms with Gasteiger partial charge in [0.2, 0.25) is 5.91 Å². The average molecular weight is 264 g/mol. The minimum absolute atomic E-state index is 0.0252. The van der Waals surface area contributed by atoms with Crippen molar-refractivity contribution in [2.45, 2.75) is 33.1 Å². The minimum atomic E-state index is -0.0252. The summed E-state index contributed by atoms with van der Waals surface area (Å²) in [5.41, 5.74) is 1.06. The van der Waals surface area contributed by atoms with Gasteiger partial charge in [0.15, 0.2) is 5.13 Å². The lowest BCUT2D eigenvalue weighted by atomic mass is 10.2. The van der Waals surface area contributed by atoms with Crippen LogP contribution in [0.25, 0.3) is 0 Å². The Kier molecular flexibility index (Phi) is 4.15. The Labute approximate surface area is 110 Å². The molecule has 0 spiro atoms. The molecule has 2 aromatic rings. The number of furan rings is 1. The summed E-state index contributed by atoms with van der Waals surface area (Å²) in [6.07, 6.45) is 3.53. The van der Waals surface area contributed by atoms with E-state index in [1.54, 1.807) is 6.26 Å². The molecule has 0 radical (unpaired) electrons. The molecular weight excluding hydrogens is 248 g/mol. The van der Waals surface area contributed by atoms with Crippen molar-refractivity contribution in [3.63, 3.8) is 0 Å². The molecule has 5 heteroatoms. The Morgan fingerprint density at radius 1 is 1.56 bits per heavy atom. The van der Waals surface area contributed by atoms with E-state index in [-0.39, 0.29) is 5.91 Å². The lowest BCUT2D eigenvalue weighted by Crippen LogP contribution is -2.12. The number of hydrogen-bond acceptors (Lipinski definition) is 4. The topological polar surface area (TPSA) is 55.1 Å². The molecule has 0 aromatic carbocycles. The van der Waals surface area contributed by atoms with Gasteiger partial charge in [-0.15, -0.1) is 11.3 Å². The first-order valence-electron chi connectivity index (χ1n) is 5.97. The van der Waals surface area contributed by atoms with Crippen molar-refractivity contribution in [3.8, 4) is 0 Å². The van der Waals surface area contributed by atoms with Gasteiger partial charge < -0.3 is 9.73 Å². The van der Waals surface area contributed by atoms with Crippen LogP contribution in [0.5, 0.6) is 0 Å². The van der Waals surface area contributed by atoms with Crippen LogP contribution in [0.2, 0.25) is 0 Å². The predicted octanol–water partition coefficient (Wildman–Crippen LogP) is 3.18. The van der Waals surface area contributed by atoms with E-state index >= 15 is 0 Å². The molecule has 2 aromatic heterocycles. The van der Waals surface area contributed by atoms with Gasteiger partial charge in [0.05, 0.1) is 12.0 Å². The van der Waals surface area contributed by atoms with Crippen LogP contribution >= 0.6 is 11.3 Å². The third-order valence-corrected chi connectivity index (χ3v) is 3.58. The highest BCUT2D eigenvalue weighted by Gasteiger charge is 2.09. The first-order chi connectivity index (χ1) is 8.69. The molecule has 2 rings (SSSR count). The highest BCUT2D eigenvalue weighted by Crippen LogP contribution is 2.22. The maximum Gasteiger partial charge on any atom is 0.226 e. The van der Waals surface area contributed by atoms with Crippen LogP contribution in [0.1, 0.15) is 29.7 Å². The highest BCUT2D eigenvalue weighted by atomic mass is 32.1. The van der Waals surface area contributed by atoms with Gasteiger partial charge in [0.1, 0.15) is 5.76 Å². The molecule has 0 aliphatic carbocycles. The molecule has 0 bridgehead atoms. The van der Waals surface area contributed by atoms with Crippen molar-refractivity contribution in [1.29, 1.82) is 0 Å². The van der Waals surface area contributed by atoms with Crippen LogP contribution in [0.4, 0.5) is 5.13 Å². The van der Waals surface area contributed by atoms with E-state index in [2.05, 4.69) is 17.2 Å². The van der Waals surface area contributed by atoms with Crippen molar-refractivity contribution < 1.29 is 9.21 Å². The fraction of sp³-hybridized carbons (Fsp3) is 0.385. The first-order valence-corrected chi connectivity index (χ1v) is 6.79. The van der Waals surface area contributed by atoms with Crippen LogP contribution in [-0.4, -0.2) is 10.9 Å². The molecule has 0 unspecified atom stereocenters. The fourth-order valence-electron chi connectivity index (χ4n) is 1.68. The van der Waals surface area contributed by atoms with Gasteiger partial charge in [-0.3, -0.25) is 4.79 Å². The standard InChI is InChI=1S/C13H16N2O2S/c1-3-11-9(2)18-13(14-11)15-12(16)7-6-10-5-4-8-17-10/h4-5,8H,3,6-7H2,1-2H3,(H,14,15,16). The molecule has 0 aliphatic rings. The van der Waals surface area contributed by atoms with E-state index in [1.165, 1.54) is 16.2 Å². The minimum Gasteiger partial charge on any atom is -0.469 e. The fourth-order valence-corrected chi connectivity index (χ4v) is 2.60. The highest BCUT2D eigenvalue weighted by molar-refractivity contribution is 7.15. The average Bonchev–Trinajstić information content (AvgIpc) is 2.96. The lowest BCUT2D eigenvalue weighted by Gasteiger charge is -1.99. The van der Waals surface area contributed by atoms with Crippen molar-refractivity contribution in [2.75, 3.05) is 5.32 Å². The molecule has 0 saturated carbocycles. The summed E-state index contributed by atoms with van der Waals surface area (Å²) in [6, 6.07) is 3.70. The molecule has 0 atom stereocenters. The second-order valence-corrected chi connectivity index (χ2v) is 5.21. The number of rotatable bonds is 5. The van der Waals surface area contributed by atoms with E-state index < -0.39 is 0 Å². The van der Waals surface area contributed by atoms with Crippen LogP contribution in [0.15, 0.2) is 22.8 Å². The number of aryl methyl sites for hydroxylation is 3. The Morgan fingerprint density at radius 3 is 3.00 bits per heavy atom. The van der Waals surface area contributed by atoms with Gasteiger partial charge >= 0.3 is 0 Å². The zero-order chi connectivity index (χ0) is 13.0. The summed E-state index contributed by atoms with van der Waals surface area (Å²) in [5.74, 6) is 0.803. The van der Waals surface area contributed by atoms with E-state index in [4.69, 9.17) is 4.42 Å². The SMILES string of the molecule is CCc1nc(NC(=O)CCc2ccco2)sc1C. The number of carbonyl (C=O) groups is 1. The van der Waals surface area contributed by atoms with Crippen molar-refractivity contribution in [1.82, 2.24) is 4.98 Å². The van der Waals surface area contributed by atoms with Gasteiger partial charge in [0.25, 0.3) is 0 Å². The quantitative estimate of drug-likeness (QED) is 0.902. The maximum atomic E-state index is 11.7. The van der Waals surface area contributed by atoms with Gasteiger partial charge in [-0.25, -0.2) is 4.98 Å². The molecule has 4 nitrogen and oxygen atoms in total. The zero-order valence-electron chi connectivity index (χ0n) is 10.5. The Bertz CT molecular complexity index is 517. The number of aromatic nitrogens is 1. The third-order valence-electron chi connectivity index (χ3n) is 2.65. The summed E-state index contributed by atoms with van der Waals surface area (Å²) < 4.78 is 5.18. The third kappa shape index (κ3) is 3.20. The molecule has 0 saturated heterocycles. The molecule has 0 aliphatic heterocycles. The second-order valence-electron chi connectivity index (χ2n) is 4.00. The molecular formula is C13H16N2O2S. The largest absolute Gasteiger partial charge is 0.469 e. The van der Waals surface area contributed by atoms with E-state index in [9.17, 15) is 4.79 Å². The Morgan fingerprint density at radius 2 is 2.39 bits per heavy atom. The molecule has 2 heterocycles. The predicted molar refractivity (Wildman–Crippen MR) is 71.9 cm³/mol. The number of nitrogens with one attached hydrogen (secondary N) is 1. The Hall–Kier alpha value is -1.62. The van der Waals surface area contributed by atoms with E-state index in [0.717, 1.165) is 17.9 Å². The first kappa shape index (κ1) is 12.8. The number of anilines is 1. The number of carbonyl (C=O) groups excluding carboxylic acids is 1. The van der Waals surface area contributed by atoms with Gasteiger partial charge in [0, 0.05) is 17.7 Å². The van der Waals surface area contributed by atoms with Crippen LogP contribution in [-0.2, 0) is 17.6 Å².